The molecule has 17 nitrogen and oxygen atoms in total. The van der Waals surface area contributed by atoms with Gasteiger partial charge in [0.05, 0.1) is 12.4 Å². The van der Waals surface area contributed by atoms with Crippen molar-refractivity contribution in [1.82, 2.24) is 40.6 Å². The van der Waals surface area contributed by atoms with Crippen LogP contribution in [0.4, 0.5) is 17.3 Å². The number of nitrogens with one attached hydrogen (secondary N) is 3. The van der Waals surface area contributed by atoms with Crippen LogP contribution in [0.2, 0.25) is 0 Å². The summed E-state index contributed by atoms with van der Waals surface area (Å²) >= 11 is 1.54. The highest BCUT2D eigenvalue weighted by molar-refractivity contribution is 7.99. The summed E-state index contributed by atoms with van der Waals surface area (Å²) in [5.41, 5.74) is 9.42. The number of fused-ring (bicyclic) bond motifs is 1. The molecule has 2 aromatic carbocycles. The number of likely N-dealkylation sites (tertiary alicyclic amines) is 1. The van der Waals surface area contributed by atoms with E-state index in [1.807, 2.05) is 48.8 Å². The van der Waals surface area contributed by atoms with Crippen LogP contribution in [0.25, 0.3) is 0 Å². The molecule has 2 aromatic heterocycles. The Balaban J connectivity index is 0.643. The zero-order valence-electron chi connectivity index (χ0n) is 37.2. The smallest absolute Gasteiger partial charge is 0.272 e. The predicted octanol–water partition coefficient (Wildman–Crippen LogP) is 4.14. The molecule has 5 fully saturated rings. The maximum Gasteiger partial charge on any atom is 0.272 e. The van der Waals surface area contributed by atoms with Crippen LogP contribution >= 0.6 is 11.8 Å². The fourth-order valence-electron chi connectivity index (χ4n) is 10.5. The Bertz CT molecular complexity index is 2510. The van der Waals surface area contributed by atoms with Crippen LogP contribution in [0.5, 0.6) is 0 Å². The molecule has 4 aromatic rings. The topological polar surface area (TPSA) is 212 Å². The molecule has 18 heteroatoms. The van der Waals surface area contributed by atoms with Crippen molar-refractivity contribution in [2.24, 2.45) is 17.1 Å². The lowest BCUT2D eigenvalue weighted by atomic mass is 9.88. The molecule has 0 radical (unpaired) electrons. The van der Waals surface area contributed by atoms with Crippen LogP contribution in [0, 0.1) is 11.3 Å². The number of anilines is 3. The minimum Gasteiger partial charge on any atom is -0.355 e. The van der Waals surface area contributed by atoms with Crippen molar-refractivity contribution >= 4 is 58.6 Å². The van der Waals surface area contributed by atoms with Crippen molar-refractivity contribution in [1.29, 1.82) is 0 Å². The SMILES string of the molecule is CC1(N)CCN(c2cnc(Sc3cccc(NC(=O)C4CC45CCN(C4CCN(c6ccc(C(=O)NCc7ccc8c(c7)CN(C7CCC(=O)NC7=O)C8=O)nn6)CC4)CC5)c3)cn2)CC1. The van der Waals surface area contributed by atoms with Gasteiger partial charge in [0.2, 0.25) is 17.7 Å². The number of nitrogens with zero attached hydrogens (tertiary/aromatic N) is 8. The lowest BCUT2D eigenvalue weighted by Crippen LogP contribution is -2.52. The van der Waals surface area contributed by atoms with E-state index >= 15 is 0 Å². The van der Waals surface area contributed by atoms with E-state index in [-0.39, 0.29) is 65.7 Å². The van der Waals surface area contributed by atoms with E-state index in [0.717, 1.165) is 123 Å². The molecule has 2 atom stereocenters. The minimum atomic E-state index is -0.677. The zero-order chi connectivity index (χ0) is 45.6. The van der Waals surface area contributed by atoms with Gasteiger partial charge in [-0.2, -0.15) is 0 Å². The van der Waals surface area contributed by atoms with E-state index in [4.69, 9.17) is 5.73 Å². The summed E-state index contributed by atoms with van der Waals surface area (Å²) in [6.07, 6.45) is 11.0. The molecule has 2 unspecified atom stereocenters. The monoisotopic (exact) mass is 912 g/mol. The molecule has 4 saturated heterocycles. The first-order chi connectivity index (χ1) is 31.9. The molecular weight excluding hydrogens is 857 g/mol. The third kappa shape index (κ3) is 9.35. The summed E-state index contributed by atoms with van der Waals surface area (Å²) in [5, 5.41) is 17.9. The van der Waals surface area contributed by atoms with Crippen LogP contribution < -0.4 is 31.5 Å². The lowest BCUT2D eigenvalue weighted by molar-refractivity contribution is -0.137. The summed E-state index contributed by atoms with van der Waals surface area (Å²) in [6, 6.07) is 16.7. The number of hydrogen-bond donors (Lipinski definition) is 4. The first-order valence-electron chi connectivity index (χ1n) is 23.2. The standard InChI is InChI=1S/C48H56N12O5S/c1-47(49)13-19-59(20-14-47)40-27-51-42(28-50-40)66-34-4-2-3-32(24-34)53-43(62)36-25-48(36)15-21-57(22-16-48)33-11-17-58(18-12-33)39-9-7-37(55-56-39)44(63)52-26-30-5-6-35-31(23-30)29-60(46(35)65)38-8-10-41(61)54-45(38)64/h2-7,9,23-24,27-28,33,36,38H,8,10-22,25-26,29,49H2,1H3,(H,52,63)(H,53,62)(H,54,61,64). The fourth-order valence-corrected chi connectivity index (χ4v) is 11.2. The number of rotatable bonds is 11. The maximum atomic E-state index is 13.5. The number of carbonyl (C=O) groups excluding carboxylic acids is 5. The van der Waals surface area contributed by atoms with Gasteiger partial charge in [0.1, 0.15) is 16.9 Å². The van der Waals surface area contributed by atoms with Crippen molar-refractivity contribution in [3.63, 3.8) is 0 Å². The van der Waals surface area contributed by atoms with Crippen molar-refractivity contribution in [2.45, 2.75) is 105 Å². The zero-order valence-corrected chi connectivity index (χ0v) is 38.0. The summed E-state index contributed by atoms with van der Waals surface area (Å²) in [5.74, 6) is 0.427. The van der Waals surface area contributed by atoms with E-state index in [1.54, 1.807) is 18.2 Å². The molecule has 6 aliphatic rings. The number of hydrogen-bond acceptors (Lipinski definition) is 14. The Hall–Kier alpha value is -5.98. The van der Waals surface area contributed by atoms with Crippen molar-refractivity contribution in [2.75, 3.05) is 54.4 Å². The summed E-state index contributed by atoms with van der Waals surface area (Å²) < 4.78 is 0. The molecule has 66 heavy (non-hydrogen) atoms. The van der Waals surface area contributed by atoms with Crippen LogP contribution in [0.3, 0.4) is 0 Å². The average Bonchev–Trinajstić information content (AvgIpc) is 3.93. The molecule has 5 aliphatic heterocycles. The van der Waals surface area contributed by atoms with E-state index in [9.17, 15) is 24.0 Å². The molecule has 0 bridgehead atoms. The molecule has 344 valence electrons. The van der Waals surface area contributed by atoms with Gasteiger partial charge >= 0.3 is 0 Å². The van der Waals surface area contributed by atoms with Gasteiger partial charge in [-0.05, 0) is 124 Å². The number of amides is 5. The molecule has 10 rings (SSSR count). The van der Waals surface area contributed by atoms with E-state index < -0.39 is 11.9 Å². The normalized spacial score (nSPS) is 22.8. The Morgan fingerprint density at radius 3 is 2.38 bits per heavy atom. The Morgan fingerprint density at radius 1 is 0.864 bits per heavy atom. The summed E-state index contributed by atoms with van der Waals surface area (Å²) in [7, 11) is 0. The Morgan fingerprint density at radius 2 is 1.65 bits per heavy atom. The highest BCUT2D eigenvalue weighted by Crippen LogP contribution is 2.60. The molecule has 5 N–H and O–H groups in total. The highest BCUT2D eigenvalue weighted by atomic mass is 32.2. The van der Waals surface area contributed by atoms with Gasteiger partial charge in [0.15, 0.2) is 11.5 Å². The Labute approximate surface area is 388 Å². The van der Waals surface area contributed by atoms with Gasteiger partial charge in [-0.25, -0.2) is 9.97 Å². The Kier molecular flexibility index (Phi) is 12.0. The molecule has 1 saturated carbocycles. The third-order valence-electron chi connectivity index (χ3n) is 14.7. The van der Waals surface area contributed by atoms with Crippen LogP contribution in [-0.2, 0) is 27.5 Å². The van der Waals surface area contributed by atoms with Crippen LogP contribution in [0.15, 0.2) is 76.9 Å². The van der Waals surface area contributed by atoms with Gasteiger partial charge in [0, 0.05) is 79.3 Å². The summed E-state index contributed by atoms with van der Waals surface area (Å²) in [4.78, 5) is 82.5. The molecule has 1 spiro atoms. The van der Waals surface area contributed by atoms with Gasteiger partial charge in [0.25, 0.3) is 11.8 Å². The number of imide groups is 1. The second kappa shape index (κ2) is 18.0. The largest absolute Gasteiger partial charge is 0.355 e. The first-order valence-corrected chi connectivity index (χ1v) is 24.0. The number of nitrogens with two attached hydrogens (primary N) is 1. The summed E-state index contributed by atoms with van der Waals surface area (Å²) in [6.45, 7) is 8.06. The lowest BCUT2D eigenvalue weighted by Gasteiger charge is -2.42. The number of carbonyl (C=O) groups is 5. The second-order valence-electron chi connectivity index (χ2n) is 19.2. The van der Waals surface area contributed by atoms with Gasteiger partial charge in [-0.3, -0.25) is 29.3 Å². The van der Waals surface area contributed by atoms with Crippen molar-refractivity contribution in [3.8, 4) is 0 Å². The first kappa shape index (κ1) is 43.9. The number of benzene rings is 2. The fraction of sp³-hybridized carbons (Fsp3) is 0.479. The van der Waals surface area contributed by atoms with Crippen LogP contribution in [-0.4, -0.2) is 116 Å². The van der Waals surface area contributed by atoms with E-state index in [0.29, 0.717) is 18.0 Å². The van der Waals surface area contributed by atoms with Gasteiger partial charge in [-0.1, -0.05) is 30.0 Å². The third-order valence-corrected chi connectivity index (χ3v) is 15.6. The maximum absolute atomic E-state index is 13.5. The number of aromatic nitrogens is 4. The molecule has 1 aliphatic carbocycles. The van der Waals surface area contributed by atoms with Gasteiger partial charge < -0.3 is 36.0 Å². The molecule has 7 heterocycles. The van der Waals surface area contributed by atoms with E-state index in [1.165, 1.54) is 16.7 Å². The van der Waals surface area contributed by atoms with Crippen LogP contribution in [0.1, 0.15) is 96.7 Å². The predicted molar refractivity (Wildman–Crippen MR) is 248 cm³/mol. The molecule has 5 amide bonds. The second-order valence-corrected chi connectivity index (χ2v) is 20.3. The highest BCUT2D eigenvalue weighted by Gasteiger charge is 2.58. The van der Waals surface area contributed by atoms with Gasteiger partial charge in [-0.15, -0.1) is 10.2 Å². The molecular formula is C48H56N12O5S. The minimum absolute atomic E-state index is 0.0395. The van der Waals surface area contributed by atoms with Crippen molar-refractivity contribution < 1.29 is 24.0 Å². The average molecular weight is 913 g/mol. The van der Waals surface area contributed by atoms with E-state index in [2.05, 4.69) is 57.7 Å². The quantitative estimate of drug-likeness (QED) is 0.156. The van der Waals surface area contributed by atoms with Crippen molar-refractivity contribution in [3.05, 3.63) is 89.4 Å². The number of piperidine rings is 4.